The SMILES string of the molecule is CCCC[N+]1(S(=O)(=O)Cc2ccccc2)C=CC(c2ccccc2)=CN1C(=O)[O-]. The molecule has 0 fully saturated rings. The minimum Gasteiger partial charge on any atom is -0.526 e. The number of carbonyl (C=O) groups is 1. The average Bonchev–Trinajstić information content (AvgIpc) is 2.73. The number of hydrogen-bond acceptors (Lipinski definition) is 4. The van der Waals surface area contributed by atoms with Gasteiger partial charge in [-0.2, -0.15) is 13.4 Å². The van der Waals surface area contributed by atoms with Gasteiger partial charge in [0.05, 0.1) is 6.20 Å². The Morgan fingerprint density at radius 2 is 1.66 bits per heavy atom. The van der Waals surface area contributed by atoms with E-state index in [9.17, 15) is 18.3 Å². The van der Waals surface area contributed by atoms with E-state index in [-0.39, 0.29) is 12.3 Å². The molecular weight excluding hydrogens is 388 g/mol. The molecule has 0 aliphatic carbocycles. The molecule has 1 atom stereocenters. The molecule has 0 N–H and O–H groups in total. The van der Waals surface area contributed by atoms with E-state index >= 15 is 0 Å². The third-order valence-corrected chi connectivity index (χ3v) is 7.05. The summed E-state index contributed by atoms with van der Waals surface area (Å²) in [6.45, 7) is 2.04. The van der Waals surface area contributed by atoms with Gasteiger partial charge in [-0.25, -0.2) is 0 Å². The van der Waals surface area contributed by atoms with E-state index in [1.807, 2.05) is 37.3 Å². The molecule has 1 amide bonds. The number of carboxylic acid groups (broad SMARTS) is 1. The summed E-state index contributed by atoms with van der Waals surface area (Å²) in [5, 5.41) is 12.9. The molecule has 6 nitrogen and oxygen atoms in total. The molecule has 0 radical (unpaired) electrons. The van der Waals surface area contributed by atoms with Gasteiger partial charge in [0.2, 0.25) is 0 Å². The lowest BCUT2D eigenvalue weighted by atomic mass is 10.1. The third-order valence-electron chi connectivity index (χ3n) is 4.91. The summed E-state index contributed by atoms with van der Waals surface area (Å²) >= 11 is 0. The molecule has 2 aromatic carbocycles. The lowest BCUT2D eigenvalue weighted by Gasteiger charge is -2.42. The fraction of sp³-hybridized carbons (Fsp3) is 0.227. The zero-order valence-electron chi connectivity index (χ0n) is 16.3. The highest BCUT2D eigenvalue weighted by atomic mass is 32.2. The number of allylic oxidation sites excluding steroid dienone is 2. The van der Waals surface area contributed by atoms with Crippen LogP contribution in [0.1, 0.15) is 30.9 Å². The summed E-state index contributed by atoms with van der Waals surface area (Å²) in [6.07, 6.45) is 4.18. The predicted octanol–water partition coefficient (Wildman–Crippen LogP) is 3.26. The maximum Gasteiger partial charge on any atom is 0.328 e. The molecule has 0 saturated heterocycles. The Morgan fingerprint density at radius 1 is 1.03 bits per heavy atom. The zero-order chi connectivity index (χ0) is 20.9. The van der Waals surface area contributed by atoms with E-state index < -0.39 is 20.1 Å². The lowest BCUT2D eigenvalue weighted by molar-refractivity contribution is -0.863. The van der Waals surface area contributed by atoms with Crippen molar-refractivity contribution in [3.8, 4) is 0 Å². The van der Waals surface area contributed by atoms with Crippen molar-refractivity contribution in [1.29, 1.82) is 0 Å². The Hall–Kier alpha value is -2.90. The molecule has 29 heavy (non-hydrogen) atoms. The van der Waals surface area contributed by atoms with Crippen LogP contribution >= 0.6 is 0 Å². The van der Waals surface area contributed by atoms with Crippen LogP contribution < -0.4 is 5.11 Å². The fourth-order valence-electron chi connectivity index (χ4n) is 3.36. The van der Waals surface area contributed by atoms with Crippen LogP contribution in [-0.2, 0) is 15.8 Å². The third kappa shape index (κ3) is 4.26. The Kier molecular flexibility index (Phi) is 6.20. The van der Waals surface area contributed by atoms with Crippen LogP contribution in [0.2, 0.25) is 0 Å². The van der Waals surface area contributed by atoms with Crippen LogP contribution in [0.25, 0.3) is 5.57 Å². The second-order valence-corrected chi connectivity index (χ2v) is 9.01. The number of unbranched alkanes of at least 4 members (excludes halogenated alkanes) is 1. The summed E-state index contributed by atoms with van der Waals surface area (Å²) in [7, 11) is -3.96. The lowest BCUT2D eigenvalue weighted by Crippen LogP contribution is -2.64. The van der Waals surface area contributed by atoms with E-state index in [1.54, 1.807) is 36.4 Å². The minimum absolute atomic E-state index is 0.106. The molecule has 0 saturated carbocycles. The van der Waals surface area contributed by atoms with Gasteiger partial charge >= 0.3 is 10.0 Å². The smallest absolute Gasteiger partial charge is 0.328 e. The van der Waals surface area contributed by atoms with Crippen LogP contribution in [0.15, 0.2) is 79.1 Å². The van der Waals surface area contributed by atoms with Gasteiger partial charge in [-0.1, -0.05) is 78.0 Å². The van der Waals surface area contributed by atoms with Crippen molar-refractivity contribution in [3.05, 3.63) is 90.3 Å². The highest BCUT2D eigenvalue weighted by molar-refractivity contribution is 7.85. The zero-order valence-corrected chi connectivity index (χ0v) is 17.1. The van der Waals surface area contributed by atoms with Gasteiger partial charge in [-0.3, -0.25) is 0 Å². The highest BCUT2D eigenvalue weighted by Gasteiger charge is 2.47. The summed E-state index contributed by atoms with van der Waals surface area (Å²) in [4.78, 5) is 12.1. The second kappa shape index (κ2) is 8.63. The Morgan fingerprint density at radius 3 is 2.24 bits per heavy atom. The topological polar surface area (TPSA) is 77.5 Å². The largest absolute Gasteiger partial charge is 0.526 e. The first-order chi connectivity index (χ1) is 13.9. The Bertz CT molecular complexity index is 1020. The molecule has 0 spiro atoms. The number of hydrogen-bond donors (Lipinski definition) is 0. The Balaban J connectivity index is 2.07. The van der Waals surface area contributed by atoms with E-state index in [1.165, 1.54) is 12.4 Å². The molecule has 1 aliphatic heterocycles. The molecule has 152 valence electrons. The summed E-state index contributed by atoms with van der Waals surface area (Å²) < 4.78 is 26.2. The van der Waals surface area contributed by atoms with E-state index in [0.29, 0.717) is 17.6 Å². The van der Waals surface area contributed by atoms with Crippen molar-refractivity contribution in [2.24, 2.45) is 0 Å². The van der Waals surface area contributed by atoms with Crippen LogP contribution in [0.5, 0.6) is 0 Å². The van der Waals surface area contributed by atoms with Gasteiger partial charge < -0.3 is 9.90 Å². The number of benzene rings is 2. The fourth-order valence-corrected chi connectivity index (χ4v) is 5.24. The van der Waals surface area contributed by atoms with Crippen LogP contribution in [0, 0.1) is 0 Å². The minimum atomic E-state index is -3.96. The predicted molar refractivity (Wildman–Crippen MR) is 110 cm³/mol. The molecule has 0 bridgehead atoms. The van der Waals surface area contributed by atoms with Crippen molar-refractivity contribution in [2.75, 3.05) is 6.54 Å². The van der Waals surface area contributed by atoms with Crippen molar-refractivity contribution in [1.82, 2.24) is 5.01 Å². The summed E-state index contributed by atoms with van der Waals surface area (Å²) in [5.41, 5.74) is 2.00. The van der Waals surface area contributed by atoms with Crippen molar-refractivity contribution in [2.45, 2.75) is 25.5 Å². The monoisotopic (exact) mass is 412 g/mol. The van der Waals surface area contributed by atoms with Crippen LogP contribution in [0.3, 0.4) is 0 Å². The van der Waals surface area contributed by atoms with Crippen LogP contribution in [-0.4, -0.2) is 30.1 Å². The molecule has 0 aromatic heterocycles. The number of quaternary nitrogens is 1. The molecule has 7 heteroatoms. The molecular formula is C22H24N2O4S. The number of rotatable bonds is 7. The molecule has 3 rings (SSSR count). The summed E-state index contributed by atoms with van der Waals surface area (Å²) in [5.74, 6) is -0.278. The molecule has 1 unspecified atom stereocenters. The Labute approximate surface area is 171 Å². The normalized spacial score (nSPS) is 19.1. The van der Waals surface area contributed by atoms with E-state index in [0.717, 1.165) is 17.0 Å². The molecule has 2 aromatic rings. The first-order valence-corrected chi connectivity index (χ1v) is 11.1. The van der Waals surface area contributed by atoms with Gasteiger partial charge in [-0.05, 0) is 11.1 Å². The first-order valence-electron chi connectivity index (χ1n) is 9.51. The van der Waals surface area contributed by atoms with Gasteiger partial charge in [0, 0.05) is 18.1 Å². The van der Waals surface area contributed by atoms with Gasteiger partial charge in [0.25, 0.3) is 0 Å². The maximum absolute atomic E-state index is 13.5. The summed E-state index contributed by atoms with van der Waals surface area (Å²) in [6, 6.07) is 18.0. The van der Waals surface area contributed by atoms with Gasteiger partial charge in [0.1, 0.15) is 18.5 Å². The standard InChI is InChI=1S/C22H24N2O4S/c1-2-3-15-24(29(27,28)18-19-10-6-4-7-11-19)16-14-21(17-23(24)22(25)26)20-12-8-5-9-13-20/h4-14,16-17H,2-3,15,18H2,1H3. The highest BCUT2D eigenvalue weighted by Crippen LogP contribution is 2.33. The number of nitrogens with zero attached hydrogens (tertiary/aromatic N) is 2. The quantitative estimate of drug-likeness (QED) is 0.654. The van der Waals surface area contributed by atoms with Crippen molar-refractivity contribution < 1.29 is 22.3 Å². The molecule has 1 aliphatic rings. The van der Waals surface area contributed by atoms with Gasteiger partial charge in [0.15, 0.2) is 6.09 Å². The van der Waals surface area contributed by atoms with E-state index in [2.05, 4.69) is 0 Å². The molecule has 1 heterocycles. The van der Waals surface area contributed by atoms with Crippen molar-refractivity contribution >= 4 is 21.7 Å². The maximum atomic E-state index is 13.5. The van der Waals surface area contributed by atoms with E-state index in [4.69, 9.17) is 0 Å². The number of sulfonamides is 1. The number of carbonyl (C=O) groups excluding carboxylic acids is 1. The average molecular weight is 413 g/mol. The van der Waals surface area contributed by atoms with Crippen LogP contribution in [0.4, 0.5) is 4.79 Å². The second-order valence-electron chi connectivity index (χ2n) is 6.92. The van der Waals surface area contributed by atoms with Crippen molar-refractivity contribution in [3.63, 3.8) is 0 Å². The number of amides is 1. The van der Waals surface area contributed by atoms with Gasteiger partial charge in [-0.15, -0.1) is 0 Å². The first kappa shape index (κ1) is 20.8.